The Labute approximate surface area is 134 Å². The van der Waals surface area contributed by atoms with E-state index in [4.69, 9.17) is 4.52 Å². The van der Waals surface area contributed by atoms with Gasteiger partial charge in [-0.05, 0) is 19.1 Å². The van der Waals surface area contributed by atoms with Gasteiger partial charge in [-0.2, -0.15) is 0 Å². The Morgan fingerprint density at radius 1 is 1.09 bits per heavy atom. The molecule has 4 nitrogen and oxygen atoms in total. The van der Waals surface area contributed by atoms with E-state index < -0.39 is 5.92 Å². The molecule has 0 bridgehead atoms. The monoisotopic (exact) mass is 304 g/mol. The van der Waals surface area contributed by atoms with Gasteiger partial charge in [0.1, 0.15) is 5.92 Å². The van der Waals surface area contributed by atoms with Crippen molar-refractivity contribution in [2.45, 2.75) is 12.8 Å². The zero-order valence-electron chi connectivity index (χ0n) is 12.7. The van der Waals surface area contributed by atoms with Crippen LogP contribution >= 0.6 is 0 Å². The van der Waals surface area contributed by atoms with Gasteiger partial charge in [-0.3, -0.25) is 9.79 Å². The van der Waals surface area contributed by atoms with Gasteiger partial charge in [0.15, 0.2) is 11.5 Å². The van der Waals surface area contributed by atoms with E-state index in [-0.39, 0.29) is 5.78 Å². The molecule has 0 saturated heterocycles. The van der Waals surface area contributed by atoms with Crippen LogP contribution in [0.25, 0.3) is 0 Å². The number of carbonyl (C=O) groups excluding carboxylic acids is 1. The molecule has 0 saturated carbocycles. The molecule has 4 heteroatoms. The van der Waals surface area contributed by atoms with Crippen molar-refractivity contribution in [1.82, 2.24) is 5.16 Å². The van der Waals surface area contributed by atoms with Gasteiger partial charge in [0.25, 0.3) is 0 Å². The molecule has 0 fully saturated rings. The quantitative estimate of drug-likeness (QED) is 0.520. The molecule has 0 spiro atoms. The normalized spacial score (nSPS) is 12.4. The standard InChI is InChI=1S/C19H16N2O2/c1-14-12-18(23-21-14)17(13-20-16-10-6-3-7-11-16)19(22)15-8-4-2-5-9-15/h2-13,17H,1H3. The van der Waals surface area contributed by atoms with E-state index in [1.165, 1.54) is 0 Å². The van der Waals surface area contributed by atoms with Crippen molar-refractivity contribution >= 4 is 17.7 Å². The summed E-state index contributed by atoms with van der Waals surface area (Å²) in [6.07, 6.45) is 1.62. The number of Topliss-reactive ketones (excluding diaryl/α,β-unsaturated/α-hetero) is 1. The van der Waals surface area contributed by atoms with E-state index in [0.29, 0.717) is 11.3 Å². The average molecular weight is 304 g/mol. The summed E-state index contributed by atoms with van der Waals surface area (Å²) in [6, 6.07) is 20.4. The van der Waals surface area contributed by atoms with Crippen LogP contribution < -0.4 is 0 Å². The Morgan fingerprint density at radius 2 is 1.74 bits per heavy atom. The first-order chi connectivity index (χ1) is 11.2. The Kier molecular flexibility index (Phi) is 4.43. The number of rotatable bonds is 5. The highest BCUT2D eigenvalue weighted by atomic mass is 16.5. The van der Waals surface area contributed by atoms with E-state index in [2.05, 4.69) is 10.1 Å². The summed E-state index contributed by atoms with van der Waals surface area (Å²) in [4.78, 5) is 17.2. The lowest BCUT2D eigenvalue weighted by atomic mass is 9.96. The number of carbonyl (C=O) groups is 1. The van der Waals surface area contributed by atoms with Gasteiger partial charge in [-0.15, -0.1) is 0 Å². The zero-order valence-corrected chi connectivity index (χ0v) is 12.7. The van der Waals surface area contributed by atoms with Gasteiger partial charge in [-0.25, -0.2) is 0 Å². The first-order valence-corrected chi connectivity index (χ1v) is 7.36. The van der Waals surface area contributed by atoms with Crippen LogP contribution in [0.15, 0.2) is 76.2 Å². The second-order valence-electron chi connectivity index (χ2n) is 5.19. The summed E-state index contributed by atoms with van der Waals surface area (Å²) in [5.74, 6) is -0.170. The third-order valence-electron chi connectivity index (χ3n) is 3.42. The lowest BCUT2D eigenvalue weighted by Gasteiger charge is -2.07. The molecule has 23 heavy (non-hydrogen) atoms. The predicted molar refractivity (Wildman–Crippen MR) is 89.3 cm³/mol. The van der Waals surface area contributed by atoms with Gasteiger partial charge in [0.2, 0.25) is 0 Å². The van der Waals surface area contributed by atoms with E-state index in [1.54, 1.807) is 24.4 Å². The molecule has 1 heterocycles. The fourth-order valence-electron chi connectivity index (χ4n) is 2.26. The van der Waals surface area contributed by atoms with Crippen molar-refractivity contribution in [1.29, 1.82) is 0 Å². The third kappa shape index (κ3) is 3.61. The van der Waals surface area contributed by atoms with Crippen LogP contribution in [0.3, 0.4) is 0 Å². The lowest BCUT2D eigenvalue weighted by Crippen LogP contribution is -2.13. The molecule has 0 aliphatic carbocycles. The minimum atomic E-state index is -0.598. The molecule has 2 aromatic carbocycles. The van der Waals surface area contributed by atoms with Crippen LogP contribution in [-0.2, 0) is 0 Å². The second-order valence-corrected chi connectivity index (χ2v) is 5.19. The number of aromatic nitrogens is 1. The first kappa shape index (κ1) is 14.9. The molecule has 3 rings (SSSR count). The maximum absolute atomic E-state index is 12.8. The van der Waals surface area contributed by atoms with Gasteiger partial charge < -0.3 is 4.52 Å². The number of aliphatic imine (C=N–C) groups is 1. The number of aryl methyl sites for hydroxylation is 1. The van der Waals surface area contributed by atoms with E-state index in [0.717, 1.165) is 11.4 Å². The smallest absolute Gasteiger partial charge is 0.178 e. The number of benzene rings is 2. The highest BCUT2D eigenvalue weighted by molar-refractivity contribution is 6.10. The van der Waals surface area contributed by atoms with Gasteiger partial charge in [-0.1, -0.05) is 53.7 Å². The van der Waals surface area contributed by atoms with Crippen molar-refractivity contribution < 1.29 is 9.32 Å². The molecular weight excluding hydrogens is 288 g/mol. The zero-order chi connectivity index (χ0) is 16.1. The molecule has 0 radical (unpaired) electrons. The maximum atomic E-state index is 12.8. The Hall–Kier alpha value is -3.01. The summed E-state index contributed by atoms with van der Waals surface area (Å²) < 4.78 is 5.30. The van der Waals surface area contributed by atoms with Crippen LogP contribution in [0.4, 0.5) is 5.69 Å². The second kappa shape index (κ2) is 6.83. The molecular formula is C19H16N2O2. The van der Waals surface area contributed by atoms with Crippen molar-refractivity contribution in [3.05, 3.63) is 83.7 Å². The lowest BCUT2D eigenvalue weighted by molar-refractivity contribution is 0.0974. The summed E-state index contributed by atoms with van der Waals surface area (Å²) in [5, 5.41) is 3.88. The van der Waals surface area contributed by atoms with Crippen LogP contribution in [-0.4, -0.2) is 17.2 Å². The van der Waals surface area contributed by atoms with Gasteiger partial charge in [0.05, 0.1) is 11.4 Å². The average Bonchev–Trinajstić information content (AvgIpc) is 3.03. The summed E-state index contributed by atoms with van der Waals surface area (Å²) in [6.45, 7) is 1.82. The van der Waals surface area contributed by atoms with Crippen LogP contribution in [0, 0.1) is 6.92 Å². The maximum Gasteiger partial charge on any atom is 0.178 e. The van der Waals surface area contributed by atoms with E-state index in [9.17, 15) is 4.79 Å². The number of hydrogen-bond donors (Lipinski definition) is 0. The van der Waals surface area contributed by atoms with Crippen molar-refractivity contribution in [2.75, 3.05) is 0 Å². The van der Waals surface area contributed by atoms with Crippen LogP contribution in [0.5, 0.6) is 0 Å². The molecule has 1 atom stereocenters. The van der Waals surface area contributed by atoms with Crippen molar-refractivity contribution in [2.24, 2.45) is 4.99 Å². The highest BCUT2D eigenvalue weighted by Crippen LogP contribution is 2.22. The number of para-hydroxylation sites is 1. The van der Waals surface area contributed by atoms with E-state index in [1.807, 2.05) is 55.5 Å². The molecule has 3 aromatic rings. The third-order valence-corrected chi connectivity index (χ3v) is 3.42. The molecule has 114 valence electrons. The number of nitrogens with zero attached hydrogens (tertiary/aromatic N) is 2. The molecule has 0 N–H and O–H groups in total. The molecule has 0 amide bonds. The molecule has 0 aliphatic heterocycles. The van der Waals surface area contributed by atoms with E-state index >= 15 is 0 Å². The minimum absolute atomic E-state index is 0.0681. The SMILES string of the molecule is Cc1cc(C(C=Nc2ccccc2)C(=O)c2ccccc2)on1. The summed E-state index contributed by atoms with van der Waals surface area (Å²) in [5.41, 5.74) is 2.14. The summed E-state index contributed by atoms with van der Waals surface area (Å²) >= 11 is 0. The Morgan fingerprint density at radius 3 is 2.35 bits per heavy atom. The molecule has 1 unspecified atom stereocenters. The predicted octanol–water partition coefficient (Wildman–Crippen LogP) is 4.35. The van der Waals surface area contributed by atoms with Crippen LogP contribution in [0.1, 0.15) is 27.7 Å². The van der Waals surface area contributed by atoms with Gasteiger partial charge in [0, 0.05) is 17.8 Å². The molecule has 1 aromatic heterocycles. The fraction of sp³-hybridized carbons (Fsp3) is 0.105. The van der Waals surface area contributed by atoms with Gasteiger partial charge >= 0.3 is 0 Å². The Balaban J connectivity index is 1.94. The number of hydrogen-bond acceptors (Lipinski definition) is 4. The number of ketones is 1. The fourth-order valence-corrected chi connectivity index (χ4v) is 2.26. The topological polar surface area (TPSA) is 55.5 Å². The van der Waals surface area contributed by atoms with Crippen molar-refractivity contribution in [3.63, 3.8) is 0 Å². The highest BCUT2D eigenvalue weighted by Gasteiger charge is 2.24. The molecule has 0 aliphatic rings. The van der Waals surface area contributed by atoms with Crippen LogP contribution in [0.2, 0.25) is 0 Å². The van der Waals surface area contributed by atoms with Crippen molar-refractivity contribution in [3.8, 4) is 0 Å². The summed E-state index contributed by atoms with van der Waals surface area (Å²) in [7, 11) is 0. The Bertz CT molecular complexity index is 808. The minimum Gasteiger partial charge on any atom is -0.360 e. The first-order valence-electron chi connectivity index (χ1n) is 7.36. The largest absolute Gasteiger partial charge is 0.360 e.